The van der Waals surface area contributed by atoms with Gasteiger partial charge >= 0.3 is 0 Å². The van der Waals surface area contributed by atoms with Crippen molar-refractivity contribution in [3.8, 4) is 11.5 Å². The highest BCUT2D eigenvalue weighted by Crippen LogP contribution is 2.36. The van der Waals surface area contributed by atoms with Gasteiger partial charge in [0, 0.05) is 17.1 Å². The van der Waals surface area contributed by atoms with Gasteiger partial charge in [-0.3, -0.25) is 0 Å². The number of rotatable bonds is 7. The predicted molar refractivity (Wildman–Crippen MR) is 101 cm³/mol. The van der Waals surface area contributed by atoms with Crippen LogP contribution in [0.1, 0.15) is 31.0 Å². The van der Waals surface area contributed by atoms with Crippen molar-refractivity contribution < 1.29 is 9.47 Å². The summed E-state index contributed by atoms with van der Waals surface area (Å²) in [6, 6.07) is 12.7. The number of nitrogens with one attached hydrogen (secondary N) is 1. The molecule has 1 unspecified atom stereocenters. The van der Waals surface area contributed by atoms with Crippen molar-refractivity contribution in [1.29, 1.82) is 0 Å². The zero-order valence-electron chi connectivity index (χ0n) is 13.5. The van der Waals surface area contributed by atoms with E-state index in [2.05, 4.69) is 74.4 Å². The van der Waals surface area contributed by atoms with Crippen LogP contribution in [0.25, 0.3) is 0 Å². The molecule has 0 heterocycles. The van der Waals surface area contributed by atoms with Gasteiger partial charge in [-0.2, -0.15) is 0 Å². The fourth-order valence-electron chi connectivity index (χ4n) is 2.32. The van der Waals surface area contributed by atoms with Gasteiger partial charge < -0.3 is 14.8 Å². The Kier molecular flexibility index (Phi) is 6.93. The third kappa shape index (κ3) is 4.96. The minimum atomic E-state index is 0.263. The Bertz CT molecular complexity index is 644. The second-order valence-corrected chi connectivity index (χ2v) is 6.97. The molecule has 2 rings (SSSR count). The number of ether oxygens (including phenoxy) is 2. The van der Waals surface area contributed by atoms with E-state index < -0.39 is 0 Å². The maximum atomic E-state index is 5.67. The van der Waals surface area contributed by atoms with E-state index in [0.29, 0.717) is 6.61 Å². The van der Waals surface area contributed by atoms with Crippen LogP contribution in [0.3, 0.4) is 0 Å². The largest absolute Gasteiger partial charge is 0.492 e. The van der Waals surface area contributed by atoms with Crippen molar-refractivity contribution in [3.05, 3.63) is 56.5 Å². The van der Waals surface area contributed by atoms with Gasteiger partial charge in [-0.15, -0.1) is 0 Å². The fourth-order valence-corrected chi connectivity index (χ4v) is 3.24. The van der Waals surface area contributed by atoms with Crippen LogP contribution in [0, 0.1) is 0 Å². The SMILES string of the molecule is CCOc1cc(CNC(C)c2ccc(Br)cc2)cc(Br)c1OC. The second-order valence-electron chi connectivity index (χ2n) is 5.20. The van der Waals surface area contributed by atoms with Crippen molar-refractivity contribution in [2.24, 2.45) is 0 Å². The fraction of sp³-hybridized carbons (Fsp3) is 0.333. The lowest BCUT2D eigenvalue weighted by molar-refractivity contribution is 0.309. The molecule has 0 spiro atoms. The molecule has 1 atom stereocenters. The minimum Gasteiger partial charge on any atom is -0.492 e. The molecular formula is C18H21Br2NO2. The Labute approximate surface area is 154 Å². The lowest BCUT2D eigenvalue weighted by atomic mass is 10.1. The predicted octanol–water partition coefficient (Wildman–Crippen LogP) is 5.47. The van der Waals surface area contributed by atoms with Crippen LogP contribution >= 0.6 is 31.9 Å². The summed E-state index contributed by atoms with van der Waals surface area (Å²) >= 11 is 7.01. The minimum absolute atomic E-state index is 0.263. The first-order valence-electron chi connectivity index (χ1n) is 7.53. The number of hydrogen-bond donors (Lipinski definition) is 1. The van der Waals surface area contributed by atoms with Crippen LogP contribution in [0.2, 0.25) is 0 Å². The molecule has 3 nitrogen and oxygen atoms in total. The lowest BCUT2D eigenvalue weighted by Gasteiger charge is -2.17. The van der Waals surface area contributed by atoms with E-state index in [-0.39, 0.29) is 6.04 Å². The third-order valence-electron chi connectivity index (χ3n) is 3.56. The molecule has 23 heavy (non-hydrogen) atoms. The Balaban J connectivity index is 2.09. The number of methoxy groups -OCH3 is 1. The topological polar surface area (TPSA) is 30.5 Å². The van der Waals surface area contributed by atoms with Gasteiger partial charge in [0.05, 0.1) is 18.2 Å². The van der Waals surface area contributed by atoms with Gasteiger partial charge in [0.1, 0.15) is 0 Å². The molecule has 0 aromatic heterocycles. The molecule has 0 aliphatic rings. The summed E-state index contributed by atoms with van der Waals surface area (Å²) in [7, 11) is 1.65. The molecule has 0 radical (unpaired) electrons. The molecule has 0 bridgehead atoms. The summed E-state index contributed by atoms with van der Waals surface area (Å²) < 4.78 is 13.1. The molecule has 0 fully saturated rings. The Morgan fingerprint density at radius 3 is 2.43 bits per heavy atom. The molecule has 0 aliphatic heterocycles. The number of benzene rings is 2. The zero-order chi connectivity index (χ0) is 16.8. The average molecular weight is 443 g/mol. The summed E-state index contributed by atoms with van der Waals surface area (Å²) in [5, 5.41) is 3.54. The van der Waals surface area contributed by atoms with Crippen molar-refractivity contribution >= 4 is 31.9 Å². The first-order chi connectivity index (χ1) is 11.0. The molecule has 0 amide bonds. The van der Waals surface area contributed by atoms with E-state index in [4.69, 9.17) is 9.47 Å². The molecule has 0 saturated carbocycles. The molecule has 124 valence electrons. The van der Waals surface area contributed by atoms with E-state index in [9.17, 15) is 0 Å². The maximum Gasteiger partial charge on any atom is 0.174 e. The van der Waals surface area contributed by atoms with Crippen molar-refractivity contribution in [1.82, 2.24) is 5.32 Å². The zero-order valence-corrected chi connectivity index (χ0v) is 16.7. The molecule has 1 N–H and O–H groups in total. The smallest absolute Gasteiger partial charge is 0.174 e. The van der Waals surface area contributed by atoms with Crippen molar-refractivity contribution in [3.63, 3.8) is 0 Å². The van der Waals surface area contributed by atoms with Crippen molar-refractivity contribution in [2.45, 2.75) is 26.4 Å². The average Bonchev–Trinajstić information content (AvgIpc) is 2.53. The van der Waals surface area contributed by atoms with Crippen LogP contribution in [0.4, 0.5) is 0 Å². The van der Waals surface area contributed by atoms with Crippen LogP contribution in [0.5, 0.6) is 11.5 Å². The summed E-state index contributed by atoms with van der Waals surface area (Å²) in [5.41, 5.74) is 2.40. The molecular weight excluding hydrogens is 422 g/mol. The normalized spacial score (nSPS) is 12.0. The van der Waals surface area contributed by atoms with E-state index >= 15 is 0 Å². The molecule has 0 aliphatic carbocycles. The van der Waals surface area contributed by atoms with Crippen LogP contribution in [-0.4, -0.2) is 13.7 Å². The second kappa shape index (κ2) is 8.71. The van der Waals surface area contributed by atoms with Gasteiger partial charge in [-0.25, -0.2) is 0 Å². The first kappa shape index (κ1) is 18.3. The highest BCUT2D eigenvalue weighted by molar-refractivity contribution is 9.10. The van der Waals surface area contributed by atoms with Crippen LogP contribution < -0.4 is 14.8 Å². The van der Waals surface area contributed by atoms with Gasteiger partial charge in [0.15, 0.2) is 11.5 Å². The molecule has 0 saturated heterocycles. The van der Waals surface area contributed by atoms with Gasteiger partial charge in [0.2, 0.25) is 0 Å². The first-order valence-corrected chi connectivity index (χ1v) is 9.11. The van der Waals surface area contributed by atoms with Crippen LogP contribution in [-0.2, 0) is 6.54 Å². The lowest BCUT2D eigenvalue weighted by Crippen LogP contribution is -2.18. The van der Waals surface area contributed by atoms with E-state index in [1.54, 1.807) is 7.11 Å². The quantitative estimate of drug-likeness (QED) is 0.616. The summed E-state index contributed by atoms with van der Waals surface area (Å²) in [4.78, 5) is 0. The Morgan fingerprint density at radius 1 is 1.13 bits per heavy atom. The summed E-state index contributed by atoms with van der Waals surface area (Å²) in [6.07, 6.45) is 0. The van der Waals surface area contributed by atoms with Gasteiger partial charge in [-0.1, -0.05) is 28.1 Å². The van der Waals surface area contributed by atoms with Crippen LogP contribution in [0.15, 0.2) is 45.3 Å². The summed E-state index contributed by atoms with van der Waals surface area (Å²) in [5.74, 6) is 1.49. The molecule has 5 heteroatoms. The molecule has 2 aromatic carbocycles. The summed E-state index contributed by atoms with van der Waals surface area (Å²) in [6.45, 7) is 5.48. The number of hydrogen-bond acceptors (Lipinski definition) is 3. The highest BCUT2D eigenvalue weighted by atomic mass is 79.9. The Morgan fingerprint density at radius 2 is 1.83 bits per heavy atom. The maximum absolute atomic E-state index is 5.67. The molecule has 2 aromatic rings. The third-order valence-corrected chi connectivity index (χ3v) is 4.67. The van der Waals surface area contributed by atoms with Crippen molar-refractivity contribution in [2.75, 3.05) is 13.7 Å². The van der Waals surface area contributed by atoms with E-state index in [1.165, 1.54) is 5.56 Å². The Hall–Kier alpha value is -1.04. The highest BCUT2D eigenvalue weighted by Gasteiger charge is 2.12. The van der Waals surface area contributed by atoms with Gasteiger partial charge in [-0.05, 0) is 65.2 Å². The van der Waals surface area contributed by atoms with Gasteiger partial charge in [0.25, 0.3) is 0 Å². The monoisotopic (exact) mass is 441 g/mol. The standard InChI is InChI=1S/C18H21Br2NO2/c1-4-23-17-10-13(9-16(20)18(17)22-3)11-21-12(2)14-5-7-15(19)8-6-14/h5-10,12,21H,4,11H2,1-3H3. The number of halogens is 2. The van der Waals surface area contributed by atoms with E-state index in [0.717, 1.165) is 32.6 Å². The van der Waals surface area contributed by atoms with E-state index in [1.807, 2.05) is 13.0 Å².